The maximum absolute atomic E-state index is 10.0. The third kappa shape index (κ3) is 11.4. The summed E-state index contributed by atoms with van der Waals surface area (Å²) in [7, 11) is 4.81. The first-order chi connectivity index (χ1) is 5.93. The van der Waals surface area contributed by atoms with Gasteiger partial charge in [-0.25, -0.2) is 0 Å². The van der Waals surface area contributed by atoms with Crippen LogP contribution in [0.5, 0.6) is 0 Å². The van der Waals surface area contributed by atoms with E-state index < -0.39 is 8.26 Å². The maximum Gasteiger partial charge on any atom is 0.317 e. The minimum atomic E-state index is -3.72. The molecule has 0 unspecified atom stereocenters. The quantitative estimate of drug-likeness (QED) is 0.559. The van der Waals surface area contributed by atoms with Gasteiger partial charge in [0.2, 0.25) is 0 Å². The van der Waals surface area contributed by atoms with Gasteiger partial charge in [-0.1, -0.05) is 30.3 Å². The number of hydrogen-bond acceptors (Lipinski definition) is 3. The van der Waals surface area contributed by atoms with Crippen LogP contribution in [0.25, 0.3) is 0 Å². The highest BCUT2D eigenvalue weighted by Gasteiger charge is 1.88. The van der Waals surface area contributed by atoms with Gasteiger partial charge in [-0.3, -0.25) is 4.79 Å². The van der Waals surface area contributed by atoms with Crippen molar-refractivity contribution in [2.45, 2.75) is 0 Å². The summed E-state index contributed by atoms with van der Waals surface area (Å²) in [5, 5.41) is 0. The molecule has 0 bridgehead atoms. The zero-order valence-electron chi connectivity index (χ0n) is 6.35. The van der Waals surface area contributed by atoms with Gasteiger partial charge in [-0.2, -0.15) is 8.42 Å². The predicted octanol–water partition coefficient (Wildman–Crippen LogP) is 2.21. The van der Waals surface area contributed by atoms with Crippen molar-refractivity contribution in [3.05, 3.63) is 35.9 Å². The van der Waals surface area contributed by atoms with Gasteiger partial charge in [-0.05, 0) is 0 Å². The van der Waals surface area contributed by atoms with E-state index in [9.17, 15) is 4.79 Å². The molecule has 0 aliphatic rings. The molecule has 1 aromatic carbocycles. The van der Waals surface area contributed by atoms with Crippen LogP contribution in [0.4, 0.5) is 0 Å². The fourth-order valence-corrected chi connectivity index (χ4v) is 0.532. The van der Waals surface area contributed by atoms with Crippen LogP contribution in [0, 0.1) is 0 Å². The van der Waals surface area contributed by atoms with Crippen LogP contribution in [0.1, 0.15) is 10.4 Å². The first-order valence-corrected chi connectivity index (χ1v) is 6.21. The summed E-state index contributed by atoms with van der Waals surface area (Å²) in [4.78, 5) is 10.0. The number of hydrogen-bond donors (Lipinski definition) is 0. The Kier molecular flexibility index (Phi) is 5.70. The molecule has 3 nitrogen and oxygen atoms in total. The zero-order chi connectivity index (χ0) is 10.3. The maximum atomic E-state index is 10.0. The molecule has 0 saturated carbocycles. The van der Waals surface area contributed by atoms with E-state index in [0.717, 1.165) is 11.8 Å². The van der Waals surface area contributed by atoms with Gasteiger partial charge in [0, 0.05) is 26.9 Å². The Bertz CT molecular complexity index is 339. The number of halogens is 2. The SMILES string of the molecule is O=Cc1ccccc1.O=S(=O)(Cl)Cl. The van der Waals surface area contributed by atoms with Gasteiger partial charge in [-0.15, -0.1) is 0 Å². The van der Waals surface area contributed by atoms with Crippen molar-refractivity contribution < 1.29 is 13.2 Å². The van der Waals surface area contributed by atoms with Crippen molar-refractivity contribution in [2.24, 2.45) is 0 Å². The van der Waals surface area contributed by atoms with Crippen molar-refractivity contribution in [1.29, 1.82) is 0 Å². The Morgan fingerprint density at radius 2 is 1.46 bits per heavy atom. The largest absolute Gasteiger partial charge is 0.317 e. The highest BCUT2D eigenvalue weighted by atomic mass is 36.0. The highest BCUT2D eigenvalue weighted by molar-refractivity contribution is 8.31. The molecule has 0 N–H and O–H groups in total. The molecule has 1 rings (SSSR count). The summed E-state index contributed by atoms with van der Waals surface area (Å²) >= 11 is 0. The molecule has 0 atom stereocenters. The highest BCUT2D eigenvalue weighted by Crippen LogP contribution is 1.98. The Labute approximate surface area is 85.2 Å². The normalized spacial score (nSPS) is 9.69. The van der Waals surface area contributed by atoms with Gasteiger partial charge < -0.3 is 0 Å². The van der Waals surface area contributed by atoms with Crippen LogP contribution in [0.2, 0.25) is 0 Å². The van der Waals surface area contributed by atoms with Crippen molar-refractivity contribution in [3.63, 3.8) is 0 Å². The van der Waals surface area contributed by atoms with Crippen LogP contribution < -0.4 is 0 Å². The van der Waals surface area contributed by atoms with E-state index in [1.165, 1.54) is 0 Å². The van der Waals surface area contributed by atoms with Crippen LogP contribution >= 0.6 is 21.4 Å². The molecule has 0 amide bonds. The Morgan fingerprint density at radius 3 is 1.69 bits per heavy atom. The molecule has 0 fully saturated rings. The van der Waals surface area contributed by atoms with E-state index in [0.29, 0.717) is 0 Å². The van der Waals surface area contributed by atoms with Crippen LogP contribution in [0.3, 0.4) is 0 Å². The van der Waals surface area contributed by atoms with Gasteiger partial charge in [0.15, 0.2) is 0 Å². The zero-order valence-corrected chi connectivity index (χ0v) is 8.68. The Balaban J connectivity index is 0.000000252. The van der Waals surface area contributed by atoms with Crippen molar-refractivity contribution >= 4 is 35.9 Å². The summed E-state index contributed by atoms with van der Waals surface area (Å²) in [6.07, 6.45) is 0.833. The number of rotatable bonds is 1. The molecular formula is C7H6Cl2O3S. The summed E-state index contributed by atoms with van der Waals surface area (Å²) in [6.45, 7) is 0. The van der Waals surface area contributed by atoms with Crippen LogP contribution in [-0.2, 0) is 8.26 Å². The third-order valence-electron chi connectivity index (χ3n) is 0.936. The summed E-state index contributed by atoms with van der Waals surface area (Å²) in [5.41, 5.74) is 0.729. The molecule has 72 valence electrons. The molecule has 0 saturated heterocycles. The molecule has 0 heterocycles. The first-order valence-electron chi connectivity index (χ1n) is 3.08. The number of benzene rings is 1. The van der Waals surface area contributed by atoms with Gasteiger partial charge in [0.1, 0.15) is 6.29 Å². The summed E-state index contributed by atoms with van der Waals surface area (Å²) in [5.74, 6) is 0. The second-order valence-corrected chi connectivity index (χ2v) is 5.58. The van der Waals surface area contributed by atoms with E-state index in [2.05, 4.69) is 21.4 Å². The molecule has 0 spiro atoms. The number of aldehydes is 1. The lowest BCUT2D eigenvalue weighted by Crippen LogP contribution is -1.73. The number of carbonyl (C=O) groups excluding carboxylic acids is 1. The van der Waals surface area contributed by atoms with Crippen LogP contribution in [0.15, 0.2) is 30.3 Å². The molecule has 0 radical (unpaired) electrons. The topological polar surface area (TPSA) is 51.2 Å². The monoisotopic (exact) mass is 240 g/mol. The molecule has 0 aliphatic heterocycles. The number of carbonyl (C=O) groups is 1. The predicted molar refractivity (Wildman–Crippen MR) is 52.5 cm³/mol. The second-order valence-electron chi connectivity index (χ2n) is 1.91. The second kappa shape index (κ2) is 5.96. The van der Waals surface area contributed by atoms with Crippen LogP contribution in [-0.4, -0.2) is 14.7 Å². The molecular weight excluding hydrogens is 235 g/mol. The van der Waals surface area contributed by atoms with Crippen molar-refractivity contribution in [3.8, 4) is 0 Å². The molecule has 0 aromatic heterocycles. The lowest BCUT2D eigenvalue weighted by atomic mass is 10.2. The smallest absolute Gasteiger partial charge is 0.298 e. The summed E-state index contributed by atoms with van der Waals surface area (Å²) in [6, 6.07) is 9.10. The van der Waals surface area contributed by atoms with E-state index in [1.807, 2.05) is 18.2 Å². The van der Waals surface area contributed by atoms with Crippen molar-refractivity contribution in [2.75, 3.05) is 0 Å². The fraction of sp³-hybridized carbons (Fsp3) is 0. The van der Waals surface area contributed by atoms with E-state index in [-0.39, 0.29) is 0 Å². The standard InChI is InChI=1S/C7H6O.Cl2O2S/c8-6-7-4-2-1-3-5-7;1-5(2,3)4/h1-6H;. The lowest BCUT2D eigenvalue weighted by Gasteiger charge is -1.81. The fourth-order valence-electron chi connectivity index (χ4n) is 0.532. The minimum absolute atomic E-state index is 0.729. The van der Waals surface area contributed by atoms with E-state index in [4.69, 9.17) is 8.42 Å². The van der Waals surface area contributed by atoms with Crippen molar-refractivity contribution in [1.82, 2.24) is 0 Å². The first kappa shape index (κ1) is 12.4. The Morgan fingerprint density at radius 1 is 1.08 bits per heavy atom. The minimum Gasteiger partial charge on any atom is -0.298 e. The van der Waals surface area contributed by atoms with Gasteiger partial charge in [0.05, 0.1) is 0 Å². The molecule has 6 heteroatoms. The molecule has 1 aromatic rings. The molecule has 0 aliphatic carbocycles. The Hall–Kier alpha value is -0.580. The van der Waals surface area contributed by atoms with Gasteiger partial charge >= 0.3 is 8.26 Å². The summed E-state index contributed by atoms with van der Waals surface area (Å²) < 4.78 is 18.3. The third-order valence-corrected chi connectivity index (χ3v) is 0.936. The van der Waals surface area contributed by atoms with Gasteiger partial charge in [0.25, 0.3) is 0 Å². The van der Waals surface area contributed by atoms with E-state index >= 15 is 0 Å². The average molecular weight is 241 g/mol. The van der Waals surface area contributed by atoms with E-state index in [1.54, 1.807) is 12.1 Å². The average Bonchev–Trinajstić information content (AvgIpc) is 2.03. The lowest BCUT2D eigenvalue weighted by molar-refractivity contribution is 0.112. The molecule has 13 heavy (non-hydrogen) atoms.